The molecule has 1 rings (SSSR count). The highest BCUT2D eigenvalue weighted by atomic mass is 35.5. The van der Waals surface area contributed by atoms with Gasteiger partial charge in [0.25, 0.3) is 0 Å². The maximum absolute atomic E-state index is 10.8. The first-order valence-electron chi connectivity index (χ1n) is 2.67. The Hall–Kier alpha value is -0.670. The predicted octanol–water partition coefficient (Wildman–Crippen LogP) is 2.37. The van der Waals surface area contributed by atoms with Crippen LogP contribution < -0.4 is 0 Å². The highest BCUT2D eigenvalue weighted by Crippen LogP contribution is 2.27. The van der Waals surface area contributed by atoms with E-state index < -0.39 is 5.97 Å². The molecule has 3 nitrogen and oxygen atoms in total. The van der Waals surface area contributed by atoms with Crippen molar-refractivity contribution in [1.29, 1.82) is 0 Å². The van der Waals surface area contributed by atoms with E-state index in [-0.39, 0.29) is 15.8 Å². The summed E-state index contributed by atoms with van der Waals surface area (Å²) in [6, 6.07) is 0. The molecule has 0 amide bonds. The molecule has 0 N–H and O–H groups in total. The second-order valence-electron chi connectivity index (χ2n) is 1.72. The summed E-state index contributed by atoms with van der Waals surface area (Å²) in [6.07, 6.45) is 1.18. The number of furan rings is 1. The Bertz CT molecular complexity index is 279. The molecular weight excluding hydrogens is 191 g/mol. The van der Waals surface area contributed by atoms with Gasteiger partial charge in [-0.05, 0) is 0 Å². The lowest BCUT2D eigenvalue weighted by molar-refractivity contribution is 0.0565. The van der Waals surface area contributed by atoms with E-state index in [0.29, 0.717) is 0 Å². The average Bonchev–Trinajstić information content (AvgIpc) is 2.32. The molecule has 5 heteroatoms. The van der Waals surface area contributed by atoms with Crippen LogP contribution in [0, 0.1) is 0 Å². The minimum atomic E-state index is -0.637. The van der Waals surface area contributed by atoms with Gasteiger partial charge in [-0.2, -0.15) is 0 Å². The maximum atomic E-state index is 10.8. The molecule has 0 aliphatic carbocycles. The Morgan fingerprint density at radius 2 is 2.27 bits per heavy atom. The topological polar surface area (TPSA) is 39.4 Å². The summed E-state index contributed by atoms with van der Waals surface area (Å²) in [5.41, 5.74) is 0. The van der Waals surface area contributed by atoms with Gasteiger partial charge in [0.15, 0.2) is 0 Å². The Balaban J connectivity index is 3.04. The maximum Gasteiger partial charge on any atom is 0.375 e. The molecule has 1 aromatic heterocycles. The first-order chi connectivity index (χ1) is 5.16. The molecule has 11 heavy (non-hydrogen) atoms. The Kier molecular flexibility index (Phi) is 2.42. The van der Waals surface area contributed by atoms with E-state index in [4.69, 9.17) is 27.6 Å². The number of halogens is 2. The van der Waals surface area contributed by atoms with Crippen molar-refractivity contribution >= 4 is 29.2 Å². The smallest absolute Gasteiger partial charge is 0.375 e. The van der Waals surface area contributed by atoms with Crippen LogP contribution in [0.1, 0.15) is 10.6 Å². The number of rotatable bonds is 1. The number of hydrogen-bond acceptors (Lipinski definition) is 3. The fraction of sp³-hybridized carbons (Fsp3) is 0.167. The highest BCUT2D eigenvalue weighted by molar-refractivity contribution is 6.43. The van der Waals surface area contributed by atoms with E-state index in [0.717, 1.165) is 0 Å². The van der Waals surface area contributed by atoms with Crippen molar-refractivity contribution in [3.63, 3.8) is 0 Å². The van der Waals surface area contributed by atoms with E-state index in [2.05, 4.69) is 4.74 Å². The first-order valence-corrected chi connectivity index (χ1v) is 3.43. The van der Waals surface area contributed by atoms with E-state index in [1.807, 2.05) is 0 Å². The average molecular weight is 195 g/mol. The Morgan fingerprint density at radius 1 is 1.64 bits per heavy atom. The zero-order valence-corrected chi connectivity index (χ0v) is 7.07. The van der Waals surface area contributed by atoms with Gasteiger partial charge in [-0.1, -0.05) is 23.2 Å². The van der Waals surface area contributed by atoms with Crippen LogP contribution in [0.15, 0.2) is 10.7 Å². The van der Waals surface area contributed by atoms with Crippen LogP contribution in [0.4, 0.5) is 0 Å². The van der Waals surface area contributed by atoms with Gasteiger partial charge < -0.3 is 9.15 Å². The number of esters is 1. The minimum Gasteiger partial charge on any atom is -0.463 e. The molecule has 0 unspecified atom stereocenters. The van der Waals surface area contributed by atoms with Gasteiger partial charge in [0, 0.05) is 0 Å². The molecule has 60 valence electrons. The van der Waals surface area contributed by atoms with Crippen LogP contribution in [0.2, 0.25) is 10.0 Å². The summed E-state index contributed by atoms with van der Waals surface area (Å²) >= 11 is 11.1. The number of hydrogen-bond donors (Lipinski definition) is 0. The van der Waals surface area contributed by atoms with Crippen molar-refractivity contribution in [2.75, 3.05) is 7.11 Å². The van der Waals surface area contributed by atoms with Crippen molar-refractivity contribution in [3.05, 3.63) is 22.1 Å². The molecule has 1 heterocycles. The van der Waals surface area contributed by atoms with Crippen molar-refractivity contribution in [1.82, 2.24) is 0 Å². The van der Waals surface area contributed by atoms with Gasteiger partial charge in [-0.25, -0.2) is 4.79 Å². The van der Waals surface area contributed by atoms with E-state index >= 15 is 0 Å². The summed E-state index contributed by atoms with van der Waals surface area (Å²) in [5, 5.41) is 0.283. The largest absolute Gasteiger partial charge is 0.463 e. The highest BCUT2D eigenvalue weighted by Gasteiger charge is 2.17. The fourth-order valence-electron chi connectivity index (χ4n) is 0.553. The lowest BCUT2D eigenvalue weighted by Gasteiger charge is -1.92. The van der Waals surface area contributed by atoms with Crippen molar-refractivity contribution < 1.29 is 13.9 Å². The minimum absolute atomic E-state index is 0.0702. The van der Waals surface area contributed by atoms with Crippen LogP contribution in [0.3, 0.4) is 0 Å². The molecule has 0 aliphatic rings. The Labute approximate surface area is 72.8 Å². The monoisotopic (exact) mass is 194 g/mol. The molecule has 1 aromatic rings. The van der Waals surface area contributed by atoms with E-state index in [1.54, 1.807) is 0 Å². The number of carbonyl (C=O) groups is 1. The molecule has 0 radical (unpaired) electrons. The molecule has 0 atom stereocenters. The van der Waals surface area contributed by atoms with Crippen molar-refractivity contribution in [2.45, 2.75) is 0 Å². The van der Waals surface area contributed by atoms with Crippen LogP contribution in [-0.2, 0) is 4.74 Å². The summed E-state index contributed by atoms with van der Waals surface area (Å²) in [5.74, 6) is -0.707. The van der Waals surface area contributed by atoms with Gasteiger partial charge in [0.1, 0.15) is 11.3 Å². The summed E-state index contributed by atoms with van der Waals surface area (Å²) in [7, 11) is 1.23. The lowest BCUT2D eigenvalue weighted by atomic mass is 10.4. The fourth-order valence-corrected chi connectivity index (χ4v) is 0.850. The Morgan fingerprint density at radius 3 is 2.64 bits per heavy atom. The molecule has 0 saturated heterocycles. The lowest BCUT2D eigenvalue weighted by Crippen LogP contribution is -1.99. The predicted molar refractivity (Wildman–Crippen MR) is 40.1 cm³/mol. The second-order valence-corrected chi connectivity index (χ2v) is 2.50. The van der Waals surface area contributed by atoms with Crippen molar-refractivity contribution in [3.8, 4) is 0 Å². The molecule has 0 fully saturated rings. The van der Waals surface area contributed by atoms with Gasteiger partial charge >= 0.3 is 5.97 Å². The zero-order chi connectivity index (χ0) is 8.43. The van der Waals surface area contributed by atoms with Gasteiger partial charge in [0.05, 0.1) is 12.1 Å². The van der Waals surface area contributed by atoms with Crippen LogP contribution in [0.25, 0.3) is 0 Å². The van der Waals surface area contributed by atoms with Gasteiger partial charge in [0.2, 0.25) is 5.76 Å². The SMILES string of the molecule is COC(=O)c1occ(Cl)c1Cl. The van der Waals surface area contributed by atoms with E-state index in [1.165, 1.54) is 13.4 Å². The molecular formula is C6H4Cl2O3. The summed E-state index contributed by atoms with van der Waals surface area (Å²) in [6.45, 7) is 0. The quantitative estimate of drug-likeness (QED) is 0.645. The van der Waals surface area contributed by atoms with Gasteiger partial charge in [-0.3, -0.25) is 0 Å². The third kappa shape index (κ3) is 1.49. The van der Waals surface area contributed by atoms with Crippen LogP contribution in [-0.4, -0.2) is 13.1 Å². The molecule has 0 aliphatic heterocycles. The number of carbonyl (C=O) groups excluding carboxylic acids is 1. The summed E-state index contributed by atoms with van der Waals surface area (Å²) in [4.78, 5) is 10.8. The zero-order valence-electron chi connectivity index (χ0n) is 5.56. The second kappa shape index (κ2) is 3.15. The van der Waals surface area contributed by atoms with Crippen LogP contribution >= 0.6 is 23.2 Å². The third-order valence-corrected chi connectivity index (χ3v) is 1.81. The number of ether oxygens (including phenoxy) is 1. The molecule has 0 spiro atoms. The third-order valence-electron chi connectivity index (χ3n) is 1.06. The van der Waals surface area contributed by atoms with Gasteiger partial charge in [-0.15, -0.1) is 0 Å². The summed E-state index contributed by atoms with van der Waals surface area (Å²) < 4.78 is 9.06. The molecule has 0 aromatic carbocycles. The standard InChI is InChI=1S/C6H4Cl2O3/c1-10-6(9)5-4(8)3(7)2-11-5/h2H,1H3. The normalized spacial score (nSPS) is 9.73. The first kappa shape index (κ1) is 8.43. The van der Waals surface area contributed by atoms with Crippen LogP contribution in [0.5, 0.6) is 0 Å². The van der Waals surface area contributed by atoms with Crippen molar-refractivity contribution in [2.24, 2.45) is 0 Å². The van der Waals surface area contributed by atoms with E-state index in [9.17, 15) is 4.79 Å². The molecule has 0 saturated carbocycles. The molecule has 0 bridgehead atoms. The number of methoxy groups -OCH3 is 1.